The van der Waals surface area contributed by atoms with Gasteiger partial charge in [0, 0.05) is 19.5 Å². The summed E-state index contributed by atoms with van der Waals surface area (Å²) in [6.45, 7) is 1.08. The minimum Gasteiger partial charge on any atom is -0.391 e. The summed E-state index contributed by atoms with van der Waals surface area (Å²) in [6.07, 6.45) is 5.20. The largest absolute Gasteiger partial charge is 0.391 e. The van der Waals surface area contributed by atoms with E-state index >= 15 is 0 Å². The van der Waals surface area contributed by atoms with Crippen LogP contribution in [0.25, 0.3) is 0 Å². The van der Waals surface area contributed by atoms with Crippen molar-refractivity contribution in [2.75, 3.05) is 13.1 Å². The molecule has 4 heteroatoms. The molecule has 0 radical (unpaired) electrons. The first-order valence-corrected chi connectivity index (χ1v) is 7.92. The molecule has 3 N–H and O–H groups in total. The minimum absolute atomic E-state index is 0.158. The molecule has 0 saturated heterocycles. The van der Waals surface area contributed by atoms with Gasteiger partial charge in [0.15, 0.2) is 0 Å². The highest BCUT2D eigenvalue weighted by molar-refractivity contribution is 5.73. The van der Waals surface area contributed by atoms with E-state index in [0.29, 0.717) is 11.8 Å². The Morgan fingerprint density at radius 1 is 1.24 bits per heavy atom. The van der Waals surface area contributed by atoms with Gasteiger partial charge in [0.1, 0.15) is 0 Å². The zero-order valence-corrected chi connectivity index (χ0v) is 12.3. The quantitative estimate of drug-likeness (QED) is 0.719. The van der Waals surface area contributed by atoms with Crippen molar-refractivity contribution in [1.82, 2.24) is 10.6 Å². The van der Waals surface area contributed by atoms with E-state index in [1.54, 1.807) is 0 Å². The number of hydrogen-bond acceptors (Lipinski definition) is 2. The third kappa shape index (κ3) is 3.97. The van der Waals surface area contributed by atoms with Crippen molar-refractivity contribution in [3.63, 3.8) is 0 Å². The van der Waals surface area contributed by atoms with Gasteiger partial charge in [0.2, 0.25) is 0 Å². The molecule has 0 spiro atoms. The summed E-state index contributed by atoms with van der Waals surface area (Å²) in [5.74, 6) is 0.849. The van der Waals surface area contributed by atoms with Crippen LogP contribution in [0.2, 0.25) is 0 Å². The van der Waals surface area contributed by atoms with E-state index in [0.717, 1.165) is 18.0 Å². The van der Waals surface area contributed by atoms with Crippen molar-refractivity contribution in [2.45, 2.75) is 38.2 Å². The van der Waals surface area contributed by atoms with Crippen LogP contribution in [-0.2, 0) is 6.42 Å². The average molecular weight is 288 g/mol. The molecule has 2 amide bonds. The van der Waals surface area contributed by atoms with E-state index in [4.69, 9.17) is 0 Å². The summed E-state index contributed by atoms with van der Waals surface area (Å²) in [5, 5.41) is 15.7. The zero-order valence-electron chi connectivity index (χ0n) is 12.3. The standard InChI is InChI=1S/C17H24N2O2/c20-15(10-13-4-2-1-3-5-13)11-18-16(21)19-12-17(8-9-17)14-6-7-14/h1-5,14-15,20H,6-12H2,(H2,18,19,21). The van der Waals surface area contributed by atoms with Gasteiger partial charge in [-0.15, -0.1) is 0 Å². The summed E-state index contributed by atoms with van der Waals surface area (Å²) in [7, 11) is 0. The molecule has 1 atom stereocenters. The Morgan fingerprint density at radius 2 is 1.95 bits per heavy atom. The maximum atomic E-state index is 11.8. The van der Waals surface area contributed by atoms with Gasteiger partial charge in [-0.2, -0.15) is 0 Å². The second-order valence-corrected chi connectivity index (χ2v) is 6.54. The summed E-state index contributed by atoms with van der Waals surface area (Å²) >= 11 is 0. The molecule has 4 nitrogen and oxygen atoms in total. The fourth-order valence-electron chi connectivity index (χ4n) is 3.07. The number of hydrogen-bond donors (Lipinski definition) is 3. The molecule has 2 saturated carbocycles. The van der Waals surface area contributed by atoms with Crippen LogP contribution in [-0.4, -0.2) is 30.3 Å². The van der Waals surface area contributed by atoms with Gasteiger partial charge in [-0.1, -0.05) is 30.3 Å². The first kappa shape index (κ1) is 14.4. The zero-order chi connectivity index (χ0) is 14.7. The van der Waals surface area contributed by atoms with Gasteiger partial charge in [0.25, 0.3) is 0 Å². The topological polar surface area (TPSA) is 61.4 Å². The van der Waals surface area contributed by atoms with Crippen LogP contribution < -0.4 is 10.6 Å². The van der Waals surface area contributed by atoms with E-state index in [2.05, 4.69) is 10.6 Å². The second kappa shape index (κ2) is 6.06. The van der Waals surface area contributed by atoms with Gasteiger partial charge < -0.3 is 15.7 Å². The predicted molar refractivity (Wildman–Crippen MR) is 81.9 cm³/mol. The maximum absolute atomic E-state index is 11.8. The van der Waals surface area contributed by atoms with E-state index in [9.17, 15) is 9.90 Å². The number of urea groups is 1. The van der Waals surface area contributed by atoms with Crippen molar-refractivity contribution >= 4 is 6.03 Å². The van der Waals surface area contributed by atoms with Crippen molar-refractivity contribution < 1.29 is 9.90 Å². The number of carbonyl (C=O) groups excluding carboxylic acids is 1. The molecule has 0 bridgehead atoms. The number of benzene rings is 1. The molecule has 114 valence electrons. The van der Waals surface area contributed by atoms with Crippen molar-refractivity contribution in [2.24, 2.45) is 11.3 Å². The average Bonchev–Trinajstić information content (AvgIpc) is 3.37. The molecule has 2 aliphatic rings. The van der Waals surface area contributed by atoms with Crippen LogP contribution in [0.1, 0.15) is 31.2 Å². The lowest BCUT2D eigenvalue weighted by atomic mass is 10.0. The summed E-state index contributed by atoms with van der Waals surface area (Å²) in [6, 6.07) is 9.67. The number of nitrogens with one attached hydrogen (secondary N) is 2. The SMILES string of the molecule is O=C(NCC(O)Cc1ccccc1)NCC1(C2CC2)CC1. The number of carbonyl (C=O) groups is 1. The Balaban J connectivity index is 1.33. The van der Waals surface area contributed by atoms with E-state index in [1.807, 2.05) is 30.3 Å². The van der Waals surface area contributed by atoms with Gasteiger partial charge in [-0.3, -0.25) is 0 Å². The van der Waals surface area contributed by atoms with Crippen LogP contribution in [0.15, 0.2) is 30.3 Å². The number of rotatable bonds is 7. The maximum Gasteiger partial charge on any atom is 0.314 e. The molecule has 1 aromatic rings. The molecule has 21 heavy (non-hydrogen) atoms. The molecule has 0 aromatic heterocycles. The van der Waals surface area contributed by atoms with Crippen LogP contribution in [0.4, 0.5) is 4.79 Å². The van der Waals surface area contributed by atoms with E-state index in [-0.39, 0.29) is 12.6 Å². The number of aliphatic hydroxyl groups excluding tert-OH is 1. The Labute approximate surface area is 125 Å². The van der Waals surface area contributed by atoms with Crippen LogP contribution >= 0.6 is 0 Å². The lowest BCUT2D eigenvalue weighted by molar-refractivity contribution is 0.170. The third-order valence-corrected chi connectivity index (χ3v) is 4.75. The van der Waals surface area contributed by atoms with Gasteiger partial charge in [-0.25, -0.2) is 4.79 Å². The molecule has 1 unspecified atom stereocenters. The molecule has 2 aliphatic carbocycles. The van der Waals surface area contributed by atoms with Crippen LogP contribution in [0.3, 0.4) is 0 Å². The fraction of sp³-hybridized carbons (Fsp3) is 0.588. The van der Waals surface area contributed by atoms with Gasteiger partial charge in [0.05, 0.1) is 6.10 Å². The second-order valence-electron chi connectivity index (χ2n) is 6.54. The van der Waals surface area contributed by atoms with Gasteiger partial charge >= 0.3 is 6.03 Å². The summed E-state index contributed by atoms with van der Waals surface area (Å²) in [5.41, 5.74) is 1.50. The molecular weight excluding hydrogens is 264 g/mol. The number of amides is 2. The Kier molecular flexibility index (Phi) is 4.15. The van der Waals surface area contributed by atoms with Crippen molar-refractivity contribution in [3.05, 3.63) is 35.9 Å². The first-order chi connectivity index (χ1) is 10.2. The minimum atomic E-state index is -0.545. The lowest BCUT2D eigenvalue weighted by Crippen LogP contribution is -2.42. The van der Waals surface area contributed by atoms with E-state index in [1.165, 1.54) is 25.7 Å². The smallest absolute Gasteiger partial charge is 0.314 e. The fourth-order valence-corrected chi connectivity index (χ4v) is 3.07. The first-order valence-electron chi connectivity index (χ1n) is 7.92. The Hall–Kier alpha value is -1.55. The van der Waals surface area contributed by atoms with Crippen molar-refractivity contribution in [3.8, 4) is 0 Å². The highest BCUT2D eigenvalue weighted by Crippen LogP contribution is 2.60. The van der Waals surface area contributed by atoms with Crippen molar-refractivity contribution in [1.29, 1.82) is 0 Å². The Morgan fingerprint density at radius 3 is 2.57 bits per heavy atom. The number of aliphatic hydroxyl groups is 1. The predicted octanol–water partition coefficient (Wildman–Crippen LogP) is 2.08. The van der Waals surface area contributed by atoms with Gasteiger partial charge in [-0.05, 0) is 42.6 Å². The lowest BCUT2D eigenvalue weighted by Gasteiger charge is -2.16. The molecule has 2 fully saturated rings. The monoisotopic (exact) mass is 288 g/mol. The molecule has 3 rings (SSSR count). The molecule has 0 heterocycles. The van der Waals surface area contributed by atoms with Crippen LogP contribution in [0.5, 0.6) is 0 Å². The molecule has 0 aliphatic heterocycles. The van der Waals surface area contributed by atoms with E-state index < -0.39 is 6.10 Å². The molecular formula is C17H24N2O2. The summed E-state index contributed by atoms with van der Waals surface area (Å²) in [4.78, 5) is 11.8. The highest BCUT2D eigenvalue weighted by Gasteiger charge is 2.53. The molecule has 1 aromatic carbocycles. The normalized spacial score (nSPS) is 20.6. The van der Waals surface area contributed by atoms with Crippen LogP contribution in [0, 0.1) is 11.3 Å². The Bertz CT molecular complexity index is 481. The highest BCUT2D eigenvalue weighted by atomic mass is 16.3. The third-order valence-electron chi connectivity index (χ3n) is 4.75. The summed E-state index contributed by atoms with van der Waals surface area (Å²) < 4.78 is 0.